The zero-order valence-corrected chi connectivity index (χ0v) is 13.1. The van der Waals surface area contributed by atoms with E-state index in [4.69, 9.17) is 5.73 Å². The first-order chi connectivity index (χ1) is 10.2. The number of aryl methyl sites for hydroxylation is 1. The van der Waals surface area contributed by atoms with E-state index in [9.17, 15) is 4.79 Å². The largest absolute Gasteiger partial charge is 0.368 e. The van der Waals surface area contributed by atoms with Crippen molar-refractivity contribution in [3.63, 3.8) is 0 Å². The number of amides is 1. The van der Waals surface area contributed by atoms with Crippen molar-refractivity contribution in [2.45, 2.75) is 68.7 Å². The van der Waals surface area contributed by atoms with Crippen molar-refractivity contribution < 1.29 is 4.79 Å². The topological polar surface area (TPSA) is 85.8 Å². The Balaban J connectivity index is 1.52. The molecule has 0 spiro atoms. The maximum Gasteiger partial charge on any atom is 0.234 e. The highest BCUT2D eigenvalue weighted by Gasteiger charge is 2.27. The van der Waals surface area contributed by atoms with E-state index in [2.05, 4.69) is 20.1 Å². The van der Waals surface area contributed by atoms with Gasteiger partial charge in [0, 0.05) is 24.8 Å². The summed E-state index contributed by atoms with van der Waals surface area (Å²) in [5.74, 6) is 1.70. The van der Waals surface area contributed by atoms with Crippen LogP contribution in [0, 0.1) is 0 Å². The zero-order valence-electron chi connectivity index (χ0n) is 12.3. The van der Waals surface area contributed by atoms with Crippen LogP contribution in [0.25, 0.3) is 0 Å². The van der Waals surface area contributed by atoms with Crippen molar-refractivity contribution in [1.82, 2.24) is 20.1 Å². The number of nitrogens with one attached hydrogen (secondary N) is 1. The number of hydrogen-bond donors (Lipinski definition) is 2. The molecule has 1 aromatic rings. The molecule has 21 heavy (non-hydrogen) atoms. The second kappa shape index (κ2) is 6.79. The number of carbonyl (C=O) groups excluding carboxylic acids is 1. The van der Waals surface area contributed by atoms with Gasteiger partial charge in [-0.2, -0.15) is 0 Å². The number of primary amides is 1. The molecule has 1 aromatic heterocycles. The van der Waals surface area contributed by atoms with Gasteiger partial charge in [0.05, 0.1) is 6.04 Å². The van der Waals surface area contributed by atoms with E-state index in [1.54, 1.807) is 11.8 Å². The van der Waals surface area contributed by atoms with E-state index >= 15 is 0 Å². The summed E-state index contributed by atoms with van der Waals surface area (Å²) in [6, 6.07) is 0.286. The van der Waals surface area contributed by atoms with Crippen LogP contribution < -0.4 is 11.1 Å². The minimum atomic E-state index is -0.248. The standard InChI is InChI=1S/C14H23N5OS/c15-13(20)11(16-10-5-6-10)7-9-21-14-18-17-12-4-2-1-3-8-19(12)14/h10-11,16H,1-9H2,(H2,15,20). The lowest BCUT2D eigenvalue weighted by molar-refractivity contribution is -0.120. The molecule has 0 saturated heterocycles. The summed E-state index contributed by atoms with van der Waals surface area (Å²) in [5.41, 5.74) is 5.46. The highest BCUT2D eigenvalue weighted by molar-refractivity contribution is 7.99. The molecule has 1 atom stereocenters. The number of nitrogens with two attached hydrogens (primary N) is 1. The van der Waals surface area contributed by atoms with Crippen LogP contribution in [-0.2, 0) is 17.8 Å². The highest BCUT2D eigenvalue weighted by Crippen LogP contribution is 2.24. The monoisotopic (exact) mass is 309 g/mol. The van der Waals surface area contributed by atoms with E-state index in [1.165, 1.54) is 19.3 Å². The molecule has 0 bridgehead atoms. The first-order valence-electron chi connectivity index (χ1n) is 7.84. The van der Waals surface area contributed by atoms with E-state index in [1.807, 2.05) is 0 Å². The third-order valence-corrected chi connectivity index (χ3v) is 5.07. The Bertz CT molecular complexity index is 500. The molecule has 0 radical (unpaired) electrons. The van der Waals surface area contributed by atoms with E-state index in [0.717, 1.165) is 49.0 Å². The van der Waals surface area contributed by atoms with Gasteiger partial charge in [-0.1, -0.05) is 18.2 Å². The van der Waals surface area contributed by atoms with Crippen LogP contribution in [0.4, 0.5) is 0 Å². The molecular weight excluding hydrogens is 286 g/mol. The minimum absolute atomic E-state index is 0.212. The fourth-order valence-corrected chi connectivity index (χ4v) is 3.66. The maximum absolute atomic E-state index is 11.5. The fraction of sp³-hybridized carbons (Fsp3) is 0.786. The molecule has 6 nitrogen and oxygen atoms in total. The van der Waals surface area contributed by atoms with Gasteiger partial charge in [0.1, 0.15) is 5.82 Å². The first kappa shape index (κ1) is 14.8. The zero-order chi connectivity index (χ0) is 14.7. The van der Waals surface area contributed by atoms with Gasteiger partial charge in [0.2, 0.25) is 5.91 Å². The Morgan fingerprint density at radius 2 is 2.24 bits per heavy atom. The quantitative estimate of drug-likeness (QED) is 0.737. The van der Waals surface area contributed by atoms with Gasteiger partial charge in [0.15, 0.2) is 5.16 Å². The van der Waals surface area contributed by atoms with Crippen LogP contribution >= 0.6 is 11.8 Å². The summed E-state index contributed by atoms with van der Waals surface area (Å²) >= 11 is 1.69. The molecule has 2 aliphatic rings. The van der Waals surface area contributed by atoms with Crippen molar-refractivity contribution in [1.29, 1.82) is 0 Å². The molecule has 7 heteroatoms. The Morgan fingerprint density at radius 3 is 3.00 bits per heavy atom. The molecule has 3 rings (SSSR count). The lowest BCUT2D eigenvalue weighted by atomic mass is 10.2. The summed E-state index contributed by atoms with van der Waals surface area (Å²) in [6.07, 6.45) is 7.77. The lowest BCUT2D eigenvalue weighted by Crippen LogP contribution is -2.42. The van der Waals surface area contributed by atoms with Crippen molar-refractivity contribution in [2.24, 2.45) is 5.73 Å². The Morgan fingerprint density at radius 1 is 1.38 bits per heavy atom. The molecule has 2 heterocycles. The van der Waals surface area contributed by atoms with Crippen molar-refractivity contribution in [2.75, 3.05) is 5.75 Å². The van der Waals surface area contributed by atoms with Crippen LogP contribution in [0.3, 0.4) is 0 Å². The number of hydrogen-bond acceptors (Lipinski definition) is 5. The molecule has 1 fully saturated rings. The smallest absolute Gasteiger partial charge is 0.234 e. The van der Waals surface area contributed by atoms with Crippen LogP contribution in [0.2, 0.25) is 0 Å². The second-order valence-electron chi connectivity index (χ2n) is 5.89. The molecule has 116 valence electrons. The number of carbonyl (C=O) groups is 1. The summed E-state index contributed by atoms with van der Waals surface area (Å²) < 4.78 is 2.24. The van der Waals surface area contributed by atoms with Crippen molar-refractivity contribution in [3.05, 3.63) is 5.82 Å². The van der Waals surface area contributed by atoms with E-state index in [0.29, 0.717) is 6.04 Å². The Kier molecular flexibility index (Phi) is 4.80. The van der Waals surface area contributed by atoms with Gasteiger partial charge in [-0.3, -0.25) is 4.79 Å². The van der Waals surface area contributed by atoms with E-state index in [-0.39, 0.29) is 11.9 Å². The average molecular weight is 309 g/mol. The summed E-state index contributed by atoms with van der Waals surface area (Å²) in [7, 11) is 0. The predicted octanol–water partition coefficient (Wildman–Crippen LogP) is 1.09. The molecule has 1 saturated carbocycles. The van der Waals surface area contributed by atoms with Crippen LogP contribution in [0.15, 0.2) is 5.16 Å². The Hall–Kier alpha value is -1.08. The normalized spacial score (nSPS) is 19.8. The van der Waals surface area contributed by atoms with Crippen molar-refractivity contribution >= 4 is 17.7 Å². The molecule has 0 aromatic carbocycles. The Labute approximate surface area is 129 Å². The van der Waals surface area contributed by atoms with Gasteiger partial charge >= 0.3 is 0 Å². The SMILES string of the molecule is NC(=O)C(CCSc1nnc2n1CCCCC2)NC1CC1. The number of fused-ring (bicyclic) bond motifs is 1. The van der Waals surface area contributed by atoms with Gasteiger partial charge in [-0.15, -0.1) is 10.2 Å². The molecular formula is C14H23N5OS. The predicted molar refractivity (Wildman–Crippen MR) is 82.1 cm³/mol. The van der Waals surface area contributed by atoms with Crippen LogP contribution in [0.1, 0.15) is 44.3 Å². The highest BCUT2D eigenvalue weighted by atomic mass is 32.2. The number of thioether (sulfide) groups is 1. The summed E-state index contributed by atoms with van der Waals surface area (Å²) in [6.45, 7) is 1.02. The van der Waals surface area contributed by atoms with Crippen LogP contribution in [0.5, 0.6) is 0 Å². The first-order valence-corrected chi connectivity index (χ1v) is 8.83. The second-order valence-corrected chi connectivity index (χ2v) is 6.96. The third kappa shape index (κ3) is 3.97. The summed E-state index contributed by atoms with van der Waals surface area (Å²) in [4.78, 5) is 11.5. The average Bonchev–Trinajstić information content (AvgIpc) is 3.24. The number of rotatable bonds is 7. The van der Waals surface area contributed by atoms with E-state index < -0.39 is 0 Å². The van der Waals surface area contributed by atoms with Gasteiger partial charge in [-0.25, -0.2) is 0 Å². The van der Waals surface area contributed by atoms with Crippen molar-refractivity contribution in [3.8, 4) is 0 Å². The van der Waals surface area contributed by atoms with Crippen LogP contribution in [-0.4, -0.2) is 38.5 Å². The minimum Gasteiger partial charge on any atom is -0.368 e. The fourth-order valence-electron chi connectivity index (χ4n) is 2.68. The number of nitrogens with zero attached hydrogens (tertiary/aromatic N) is 3. The molecule has 3 N–H and O–H groups in total. The molecule has 1 unspecified atom stereocenters. The van der Waals surface area contributed by atoms with Gasteiger partial charge in [0.25, 0.3) is 0 Å². The molecule has 1 aliphatic carbocycles. The third-order valence-electron chi connectivity index (χ3n) is 4.07. The summed E-state index contributed by atoms with van der Waals surface area (Å²) in [5, 5.41) is 12.9. The van der Waals surface area contributed by atoms with Gasteiger partial charge in [-0.05, 0) is 32.1 Å². The maximum atomic E-state index is 11.5. The number of aromatic nitrogens is 3. The molecule has 1 aliphatic heterocycles. The molecule has 1 amide bonds. The lowest BCUT2D eigenvalue weighted by Gasteiger charge is -2.14. The van der Waals surface area contributed by atoms with Gasteiger partial charge < -0.3 is 15.6 Å².